The number of rotatable bonds is 4. The van der Waals surface area contributed by atoms with Crippen molar-refractivity contribution in [1.82, 2.24) is 24.5 Å². The number of amides is 1. The lowest BCUT2D eigenvalue weighted by molar-refractivity contribution is -0.0131. The van der Waals surface area contributed by atoms with Crippen molar-refractivity contribution in [3.63, 3.8) is 0 Å². The summed E-state index contributed by atoms with van der Waals surface area (Å²) in [5.41, 5.74) is 1.64. The van der Waals surface area contributed by atoms with Crippen molar-refractivity contribution >= 4 is 5.91 Å². The molecule has 5 heterocycles. The Morgan fingerprint density at radius 2 is 1.88 bits per heavy atom. The number of aromatic nitrogens is 2. The summed E-state index contributed by atoms with van der Waals surface area (Å²) in [5, 5.41) is 4.48. The minimum Gasteiger partial charge on any atom is -0.336 e. The number of carbonyl (C=O) groups is 1. The Balaban J connectivity index is 1.36. The molecule has 0 N–H and O–H groups in total. The SMILES string of the molecule is CCCn1cc(C(=O)N2CCN([C@H]3CN4CCC3CC4)CC2)c(C)n1. The number of piperazine rings is 1. The molecule has 4 saturated heterocycles. The van der Waals surface area contributed by atoms with Crippen molar-refractivity contribution in [2.24, 2.45) is 5.92 Å². The van der Waals surface area contributed by atoms with Crippen LogP contribution in [-0.2, 0) is 6.54 Å². The van der Waals surface area contributed by atoms with Crippen LogP contribution in [0.2, 0.25) is 0 Å². The molecule has 4 aliphatic rings. The Bertz CT molecular complexity index is 611. The largest absolute Gasteiger partial charge is 0.336 e. The van der Waals surface area contributed by atoms with Crippen molar-refractivity contribution in [1.29, 1.82) is 0 Å². The quantitative estimate of drug-likeness (QED) is 0.829. The predicted molar refractivity (Wildman–Crippen MR) is 97.7 cm³/mol. The van der Waals surface area contributed by atoms with Crippen LogP contribution < -0.4 is 0 Å². The molecule has 0 unspecified atom stereocenters. The number of hydrogen-bond acceptors (Lipinski definition) is 4. The van der Waals surface area contributed by atoms with Crippen LogP contribution in [0, 0.1) is 12.8 Å². The third-order valence-corrected chi connectivity index (χ3v) is 6.32. The summed E-state index contributed by atoms with van der Waals surface area (Å²) in [6.07, 6.45) is 5.69. The van der Waals surface area contributed by atoms with Crippen LogP contribution in [0.15, 0.2) is 6.20 Å². The average Bonchev–Trinajstić information content (AvgIpc) is 3.03. The highest BCUT2D eigenvalue weighted by atomic mass is 16.2. The summed E-state index contributed by atoms with van der Waals surface area (Å²) in [5.74, 6) is 1.04. The van der Waals surface area contributed by atoms with Gasteiger partial charge in [-0.25, -0.2) is 0 Å². The number of fused-ring (bicyclic) bond motifs is 3. The molecular weight excluding hydrogens is 314 g/mol. The molecular formula is C19H31N5O. The molecule has 1 amide bonds. The molecule has 0 saturated carbocycles. The lowest BCUT2D eigenvalue weighted by atomic mass is 9.83. The van der Waals surface area contributed by atoms with E-state index < -0.39 is 0 Å². The van der Waals surface area contributed by atoms with Crippen LogP contribution >= 0.6 is 0 Å². The third kappa shape index (κ3) is 3.34. The lowest BCUT2D eigenvalue weighted by Crippen LogP contribution is -2.61. The van der Waals surface area contributed by atoms with Gasteiger partial charge in [0.25, 0.3) is 5.91 Å². The Hall–Kier alpha value is -1.40. The number of hydrogen-bond donors (Lipinski definition) is 0. The first-order chi connectivity index (χ1) is 12.2. The Morgan fingerprint density at radius 1 is 1.16 bits per heavy atom. The van der Waals surface area contributed by atoms with Gasteiger partial charge in [0.1, 0.15) is 0 Å². The highest BCUT2D eigenvalue weighted by molar-refractivity contribution is 5.95. The lowest BCUT2D eigenvalue weighted by Gasteiger charge is -2.51. The van der Waals surface area contributed by atoms with Crippen LogP contribution in [0.5, 0.6) is 0 Å². The van der Waals surface area contributed by atoms with Gasteiger partial charge in [-0.05, 0) is 45.2 Å². The van der Waals surface area contributed by atoms with Gasteiger partial charge < -0.3 is 9.80 Å². The Kier molecular flexibility index (Phi) is 4.82. The standard InChI is InChI=1S/C19H31N5O/c1-3-6-24-13-17(15(2)20-24)19(25)23-11-9-22(10-12-23)18-14-21-7-4-16(18)5-8-21/h13,16,18H,3-12,14H2,1-2H3/t18-/m0/s1. The van der Waals surface area contributed by atoms with E-state index in [0.717, 1.165) is 56.3 Å². The van der Waals surface area contributed by atoms with Crippen LogP contribution in [0.1, 0.15) is 42.2 Å². The van der Waals surface area contributed by atoms with E-state index in [4.69, 9.17) is 0 Å². The molecule has 6 nitrogen and oxygen atoms in total. The molecule has 138 valence electrons. The van der Waals surface area contributed by atoms with Gasteiger partial charge in [-0.15, -0.1) is 0 Å². The molecule has 1 aromatic rings. The van der Waals surface area contributed by atoms with Gasteiger partial charge in [-0.2, -0.15) is 5.10 Å². The monoisotopic (exact) mass is 345 g/mol. The van der Waals surface area contributed by atoms with Gasteiger partial charge in [-0.3, -0.25) is 14.4 Å². The van der Waals surface area contributed by atoms with Crippen molar-refractivity contribution in [2.75, 3.05) is 45.8 Å². The molecule has 2 bridgehead atoms. The second-order valence-corrected chi connectivity index (χ2v) is 7.92. The summed E-state index contributed by atoms with van der Waals surface area (Å²) >= 11 is 0. The van der Waals surface area contributed by atoms with Gasteiger partial charge >= 0.3 is 0 Å². The predicted octanol–water partition coefficient (Wildman–Crippen LogP) is 1.45. The summed E-state index contributed by atoms with van der Waals surface area (Å²) < 4.78 is 1.91. The van der Waals surface area contributed by atoms with Gasteiger partial charge in [-0.1, -0.05) is 6.92 Å². The maximum absolute atomic E-state index is 12.9. The first kappa shape index (κ1) is 17.0. The topological polar surface area (TPSA) is 44.6 Å². The molecule has 0 spiro atoms. The maximum Gasteiger partial charge on any atom is 0.257 e. The minimum absolute atomic E-state index is 0.161. The van der Waals surface area contributed by atoms with Gasteiger partial charge in [0.15, 0.2) is 0 Å². The molecule has 0 aromatic carbocycles. The number of piperidine rings is 3. The minimum atomic E-state index is 0.161. The fourth-order valence-corrected chi connectivity index (χ4v) is 4.85. The Labute approximate surface area is 150 Å². The average molecular weight is 345 g/mol. The van der Waals surface area contributed by atoms with Crippen molar-refractivity contribution in [3.8, 4) is 0 Å². The number of aryl methyl sites for hydroxylation is 2. The summed E-state index contributed by atoms with van der Waals surface area (Å²) in [7, 11) is 0. The fourth-order valence-electron chi connectivity index (χ4n) is 4.85. The molecule has 4 aliphatic heterocycles. The number of carbonyl (C=O) groups excluding carboxylic acids is 1. The van der Waals surface area contributed by atoms with E-state index in [0.29, 0.717) is 6.04 Å². The van der Waals surface area contributed by atoms with Crippen LogP contribution in [0.3, 0.4) is 0 Å². The highest BCUT2D eigenvalue weighted by Gasteiger charge is 2.38. The third-order valence-electron chi connectivity index (χ3n) is 6.32. The van der Waals surface area contributed by atoms with E-state index in [-0.39, 0.29) is 5.91 Å². The van der Waals surface area contributed by atoms with E-state index in [1.54, 1.807) is 0 Å². The van der Waals surface area contributed by atoms with Crippen molar-refractivity contribution in [2.45, 2.75) is 45.7 Å². The van der Waals surface area contributed by atoms with Gasteiger partial charge in [0.05, 0.1) is 11.3 Å². The Morgan fingerprint density at radius 3 is 2.48 bits per heavy atom. The number of nitrogens with zero attached hydrogens (tertiary/aromatic N) is 5. The zero-order valence-corrected chi connectivity index (χ0v) is 15.7. The second-order valence-electron chi connectivity index (χ2n) is 7.92. The molecule has 0 radical (unpaired) electrons. The summed E-state index contributed by atoms with van der Waals surface area (Å²) in [4.78, 5) is 20.2. The molecule has 0 aliphatic carbocycles. The maximum atomic E-state index is 12.9. The van der Waals surface area contributed by atoms with Gasteiger partial charge in [0.2, 0.25) is 0 Å². The summed E-state index contributed by atoms with van der Waals surface area (Å²) in [6, 6.07) is 0.716. The zero-order chi connectivity index (χ0) is 17.4. The van der Waals surface area contributed by atoms with Crippen LogP contribution in [-0.4, -0.2) is 82.2 Å². The fraction of sp³-hybridized carbons (Fsp3) is 0.789. The van der Waals surface area contributed by atoms with Gasteiger partial charge in [0, 0.05) is 51.5 Å². The highest BCUT2D eigenvalue weighted by Crippen LogP contribution is 2.31. The van der Waals surface area contributed by atoms with Crippen LogP contribution in [0.25, 0.3) is 0 Å². The molecule has 6 heteroatoms. The van der Waals surface area contributed by atoms with E-state index in [1.165, 1.54) is 32.5 Å². The van der Waals surface area contributed by atoms with E-state index in [2.05, 4.69) is 21.8 Å². The molecule has 1 atom stereocenters. The van der Waals surface area contributed by atoms with Crippen molar-refractivity contribution < 1.29 is 4.79 Å². The first-order valence-corrected chi connectivity index (χ1v) is 9.95. The molecule has 5 rings (SSSR count). The zero-order valence-electron chi connectivity index (χ0n) is 15.7. The summed E-state index contributed by atoms with van der Waals surface area (Å²) in [6.45, 7) is 12.5. The molecule has 1 aromatic heterocycles. The second kappa shape index (κ2) is 7.08. The molecule has 25 heavy (non-hydrogen) atoms. The van der Waals surface area contributed by atoms with E-state index >= 15 is 0 Å². The van der Waals surface area contributed by atoms with E-state index in [1.807, 2.05) is 22.7 Å². The van der Waals surface area contributed by atoms with Crippen LogP contribution in [0.4, 0.5) is 0 Å². The molecule has 4 fully saturated rings. The van der Waals surface area contributed by atoms with Crippen molar-refractivity contribution in [3.05, 3.63) is 17.5 Å². The van der Waals surface area contributed by atoms with E-state index in [9.17, 15) is 4.79 Å². The first-order valence-electron chi connectivity index (χ1n) is 9.95. The normalized spacial score (nSPS) is 30.0. The smallest absolute Gasteiger partial charge is 0.257 e.